The molecule has 3 aromatic heterocycles. The molecule has 0 fully saturated rings. The van der Waals surface area contributed by atoms with Crippen molar-refractivity contribution < 1.29 is 9.47 Å². The predicted molar refractivity (Wildman–Crippen MR) is 121 cm³/mol. The van der Waals surface area contributed by atoms with Gasteiger partial charge in [-0.05, 0) is 49.4 Å². The molecular weight excluding hydrogens is 390 g/mol. The zero-order valence-electron chi connectivity index (χ0n) is 18.6. The van der Waals surface area contributed by atoms with Gasteiger partial charge in [0.15, 0.2) is 0 Å². The first kappa shape index (κ1) is 21.3. The van der Waals surface area contributed by atoms with E-state index in [0.29, 0.717) is 0 Å². The lowest BCUT2D eigenvalue weighted by molar-refractivity contribution is 0.109. The smallest absolute Gasteiger partial charge is 0.214 e. The van der Waals surface area contributed by atoms with E-state index in [0.717, 1.165) is 69.4 Å². The van der Waals surface area contributed by atoms with Gasteiger partial charge in [-0.2, -0.15) is 5.10 Å². The van der Waals surface area contributed by atoms with Gasteiger partial charge >= 0.3 is 0 Å². The summed E-state index contributed by atoms with van der Waals surface area (Å²) in [4.78, 5) is 8.59. The highest BCUT2D eigenvalue weighted by atomic mass is 16.5. The zero-order chi connectivity index (χ0) is 21.6. The molecule has 0 aliphatic carbocycles. The van der Waals surface area contributed by atoms with Gasteiger partial charge in [0.2, 0.25) is 5.88 Å². The number of anilines is 1. The van der Waals surface area contributed by atoms with Crippen molar-refractivity contribution in [1.82, 2.24) is 19.7 Å². The Labute approximate surface area is 183 Å². The number of ether oxygens (including phenoxy) is 2. The molecule has 0 saturated carbocycles. The van der Waals surface area contributed by atoms with Crippen LogP contribution in [0.3, 0.4) is 0 Å². The minimum Gasteiger partial charge on any atom is -0.478 e. The van der Waals surface area contributed by atoms with Crippen LogP contribution in [-0.2, 0) is 30.7 Å². The predicted octanol–water partition coefficient (Wildman–Crippen LogP) is 3.79. The van der Waals surface area contributed by atoms with Crippen molar-refractivity contribution in [3.63, 3.8) is 0 Å². The average Bonchev–Trinajstić information content (AvgIpc) is 3.41. The molecule has 3 aliphatic rings. The Morgan fingerprint density at radius 3 is 2.58 bits per heavy atom. The van der Waals surface area contributed by atoms with Crippen molar-refractivity contribution in [2.75, 3.05) is 25.1 Å². The molecule has 1 N–H and O–H groups in total. The van der Waals surface area contributed by atoms with Gasteiger partial charge in [0, 0.05) is 49.6 Å². The van der Waals surface area contributed by atoms with E-state index in [-0.39, 0.29) is 0 Å². The Morgan fingerprint density at radius 2 is 1.74 bits per heavy atom. The number of aromatic nitrogens is 4. The monoisotopic (exact) mass is 421 g/mol. The maximum atomic E-state index is 5.39. The molecule has 6 heterocycles. The first-order valence-electron chi connectivity index (χ1n) is 11.0. The maximum Gasteiger partial charge on any atom is 0.214 e. The lowest BCUT2D eigenvalue weighted by atomic mass is 10.1. The van der Waals surface area contributed by atoms with Gasteiger partial charge in [-0.15, -0.1) is 0 Å². The molecule has 0 saturated heterocycles. The third kappa shape index (κ3) is 5.41. The molecule has 6 rings (SSSR count). The van der Waals surface area contributed by atoms with Gasteiger partial charge in [-0.1, -0.05) is 12.1 Å². The van der Waals surface area contributed by atoms with Crippen LogP contribution in [0.2, 0.25) is 0 Å². The lowest BCUT2D eigenvalue weighted by Gasteiger charge is -2.15. The number of nitrogens with zero attached hydrogens (tertiary/aromatic N) is 4. The molecular formula is C24H31N5O2. The number of pyridine rings is 2. The fourth-order valence-corrected chi connectivity index (χ4v) is 3.85. The van der Waals surface area contributed by atoms with Gasteiger partial charge < -0.3 is 14.8 Å². The number of hydrogen-bond acceptors (Lipinski definition) is 6. The summed E-state index contributed by atoms with van der Waals surface area (Å²) in [6.45, 7) is 10.6. The van der Waals surface area contributed by atoms with E-state index >= 15 is 0 Å². The van der Waals surface area contributed by atoms with E-state index in [1.54, 1.807) is 0 Å². The van der Waals surface area contributed by atoms with Crippen molar-refractivity contribution in [2.24, 2.45) is 0 Å². The Kier molecular flexibility index (Phi) is 6.82. The fraction of sp³-hybridized carbons (Fsp3) is 0.458. The van der Waals surface area contributed by atoms with Crippen molar-refractivity contribution in [3.8, 4) is 5.88 Å². The summed E-state index contributed by atoms with van der Waals surface area (Å²) < 4.78 is 12.6. The Hall–Kier alpha value is -2.93. The summed E-state index contributed by atoms with van der Waals surface area (Å²) in [6, 6.07) is 4.35. The second-order valence-electron chi connectivity index (χ2n) is 8.18. The number of aryl methyl sites for hydroxylation is 4. The molecule has 31 heavy (non-hydrogen) atoms. The molecule has 0 radical (unpaired) electrons. The van der Waals surface area contributed by atoms with Gasteiger partial charge in [0.25, 0.3) is 0 Å². The molecule has 0 unspecified atom stereocenters. The third-order valence-electron chi connectivity index (χ3n) is 5.44. The van der Waals surface area contributed by atoms with Crippen molar-refractivity contribution in [2.45, 2.75) is 53.2 Å². The van der Waals surface area contributed by atoms with Gasteiger partial charge in [-0.3, -0.25) is 4.98 Å². The van der Waals surface area contributed by atoms with Crippen LogP contribution in [0.4, 0.5) is 5.82 Å². The van der Waals surface area contributed by atoms with Crippen LogP contribution >= 0.6 is 0 Å². The summed E-state index contributed by atoms with van der Waals surface area (Å²) >= 11 is 0. The summed E-state index contributed by atoms with van der Waals surface area (Å²) in [5.74, 6) is 2.02. The zero-order valence-corrected chi connectivity index (χ0v) is 18.6. The van der Waals surface area contributed by atoms with E-state index in [4.69, 9.17) is 9.47 Å². The topological polar surface area (TPSA) is 74.1 Å². The molecule has 7 nitrogen and oxygen atoms in total. The number of hydrogen-bond donors (Lipinski definition) is 1. The van der Waals surface area contributed by atoms with Gasteiger partial charge in [-0.25, -0.2) is 9.67 Å². The molecule has 0 bridgehead atoms. The molecule has 3 aliphatic heterocycles. The normalized spacial score (nSPS) is 15.6. The maximum absolute atomic E-state index is 5.39. The largest absolute Gasteiger partial charge is 0.478 e. The third-order valence-corrected chi connectivity index (χ3v) is 5.44. The second-order valence-corrected chi connectivity index (χ2v) is 8.18. The van der Waals surface area contributed by atoms with Crippen LogP contribution in [0.25, 0.3) is 0 Å². The first-order chi connectivity index (χ1) is 15.1. The summed E-state index contributed by atoms with van der Waals surface area (Å²) in [5, 5.41) is 7.36. The van der Waals surface area contributed by atoms with Crippen LogP contribution in [0, 0.1) is 20.8 Å². The fourth-order valence-electron chi connectivity index (χ4n) is 3.85. The highest BCUT2D eigenvalue weighted by Crippen LogP contribution is 2.20. The SMILES string of the molecule is Cc1cnc2c(c1)CCN2.Cc1cnc2c(c1)COCC2.Cc1cnn2c1OCCC2. The summed E-state index contributed by atoms with van der Waals surface area (Å²) in [6.07, 6.45) is 8.84. The Bertz CT molecular complexity index is 1030. The van der Waals surface area contributed by atoms with E-state index in [1.165, 1.54) is 27.9 Å². The second kappa shape index (κ2) is 9.92. The highest BCUT2D eigenvalue weighted by molar-refractivity contribution is 5.49. The van der Waals surface area contributed by atoms with Crippen molar-refractivity contribution in [3.05, 3.63) is 64.2 Å². The van der Waals surface area contributed by atoms with E-state index in [1.807, 2.05) is 30.2 Å². The van der Waals surface area contributed by atoms with Crippen LogP contribution in [-0.4, -0.2) is 39.5 Å². The molecule has 0 spiro atoms. The molecule has 0 amide bonds. The van der Waals surface area contributed by atoms with Crippen molar-refractivity contribution >= 4 is 5.82 Å². The number of fused-ring (bicyclic) bond motifs is 3. The van der Waals surface area contributed by atoms with E-state index in [2.05, 4.69) is 46.4 Å². The van der Waals surface area contributed by atoms with Crippen LogP contribution in [0.15, 0.2) is 30.7 Å². The average molecular weight is 422 g/mol. The molecule has 0 aromatic carbocycles. The standard InChI is InChI=1S/C9H11NO.C8H10N2.C7H10N2O/c1-7-4-8-6-11-3-2-9(8)10-5-7;1-6-4-7-2-3-9-8(7)10-5-6;1-6-5-8-9-3-2-4-10-7(6)9/h4-5H,2-3,6H2,1H3;4-5H,2-3H2,1H3,(H,9,10);5H,2-4H2,1H3. The lowest BCUT2D eigenvalue weighted by Crippen LogP contribution is -2.14. The molecule has 0 atom stereocenters. The van der Waals surface area contributed by atoms with Gasteiger partial charge in [0.05, 0.1) is 26.0 Å². The van der Waals surface area contributed by atoms with Crippen LogP contribution in [0.1, 0.15) is 39.9 Å². The Morgan fingerprint density at radius 1 is 0.935 bits per heavy atom. The van der Waals surface area contributed by atoms with Crippen LogP contribution < -0.4 is 10.1 Å². The molecule has 7 heteroatoms. The Balaban J connectivity index is 0.000000112. The quantitative estimate of drug-likeness (QED) is 0.595. The summed E-state index contributed by atoms with van der Waals surface area (Å²) in [5.41, 5.74) is 7.44. The van der Waals surface area contributed by atoms with Crippen molar-refractivity contribution in [1.29, 1.82) is 0 Å². The summed E-state index contributed by atoms with van der Waals surface area (Å²) in [7, 11) is 0. The minimum absolute atomic E-state index is 0.740. The number of rotatable bonds is 0. The molecule has 164 valence electrons. The van der Waals surface area contributed by atoms with Gasteiger partial charge in [0.1, 0.15) is 5.82 Å². The minimum atomic E-state index is 0.740. The van der Waals surface area contributed by atoms with E-state index in [9.17, 15) is 0 Å². The first-order valence-corrected chi connectivity index (χ1v) is 11.0. The number of nitrogens with one attached hydrogen (secondary N) is 1. The highest BCUT2D eigenvalue weighted by Gasteiger charge is 2.12. The van der Waals surface area contributed by atoms with Crippen LogP contribution in [0.5, 0.6) is 5.88 Å². The van der Waals surface area contributed by atoms with E-state index < -0.39 is 0 Å². The molecule has 3 aromatic rings.